The number of aliphatic hydroxyl groups excluding tert-OH is 1. The second-order valence-electron chi connectivity index (χ2n) is 4.49. The molecule has 0 unspecified atom stereocenters. The molecule has 2 N–H and O–H groups in total. The van der Waals surface area contributed by atoms with E-state index in [0.29, 0.717) is 5.39 Å². The number of fused-ring (bicyclic) bond motifs is 1. The molecule has 0 aromatic heterocycles. The first-order valence-corrected chi connectivity index (χ1v) is 6.76. The van der Waals surface area contributed by atoms with E-state index in [-0.39, 0.29) is 37.6 Å². The molecule has 2 aromatic carbocycles. The first-order chi connectivity index (χ1) is 10.6. The minimum atomic E-state index is -1.18. The molecule has 0 spiro atoms. The zero-order chi connectivity index (χ0) is 15.9. The third kappa shape index (κ3) is 3.60. The number of carbonyl (C=O) groups is 2. The average molecular weight is 304 g/mol. The first kappa shape index (κ1) is 15.9. The lowest BCUT2D eigenvalue weighted by Crippen LogP contribution is -2.15. The van der Waals surface area contributed by atoms with Crippen LogP contribution in [0.5, 0.6) is 0 Å². The molecule has 0 atom stereocenters. The number of aliphatic hydroxyl groups is 1. The lowest BCUT2D eigenvalue weighted by molar-refractivity contribution is 0.0255. The van der Waals surface area contributed by atoms with Crippen LogP contribution in [0.25, 0.3) is 10.8 Å². The number of rotatable bonds is 7. The Kier molecular flexibility index (Phi) is 5.46. The normalized spacial score (nSPS) is 10.6. The van der Waals surface area contributed by atoms with Crippen molar-refractivity contribution in [1.82, 2.24) is 0 Å². The molecule has 2 aromatic rings. The number of carboxylic acid groups (broad SMARTS) is 1. The van der Waals surface area contributed by atoms with Gasteiger partial charge in [0, 0.05) is 0 Å². The third-order valence-electron chi connectivity index (χ3n) is 3.06. The van der Waals surface area contributed by atoms with Crippen molar-refractivity contribution in [3.05, 3.63) is 47.5 Å². The monoisotopic (exact) mass is 304 g/mol. The van der Waals surface area contributed by atoms with Crippen molar-refractivity contribution in [2.45, 2.75) is 0 Å². The summed E-state index contributed by atoms with van der Waals surface area (Å²) in [6.07, 6.45) is 0. The lowest BCUT2D eigenvalue weighted by atomic mass is 9.99. The van der Waals surface area contributed by atoms with E-state index in [4.69, 9.17) is 14.6 Å². The van der Waals surface area contributed by atoms with Crippen LogP contribution in [0.15, 0.2) is 36.4 Å². The largest absolute Gasteiger partial charge is 0.478 e. The number of esters is 1. The van der Waals surface area contributed by atoms with Crippen LogP contribution in [-0.2, 0) is 9.47 Å². The molecule has 6 heteroatoms. The fraction of sp³-hybridized carbons (Fsp3) is 0.250. The highest BCUT2D eigenvalue weighted by Crippen LogP contribution is 2.23. The summed E-state index contributed by atoms with van der Waals surface area (Å²) in [5.41, 5.74) is -0.0623. The quantitative estimate of drug-likeness (QED) is 0.597. The molecule has 22 heavy (non-hydrogen) atoms. The fourth-order valence-electron chi connectivity index (χ4n) is 2.11. The van der Waals surface area contributed by atoms with Gasteiger partial charge in [0.2, 0.25) is 0 Å². The van der Waals surface area contributed by atoms with Crippen molar-refractivity contribution >= 4 is 22.7 Å². The molecule has 116 valence electrons. The Bertz CT molecular complexity index is 679. The molecule has 0 heterocycles. The van der Waals surface area contributed by atoms with E-state index in [1.54, 1.807) is 30.3 Å². The molecule has 0 radical (unpaired) electrons. The molecular formula is C16H16O6. The summed E-state index contributed by atoms with van der Waals surface area (Å²) in [5.74, 6) is -1.89. The van der Waals surface area contributed by atoms with Crippen LogP contribution in [0.2, 0.25) is 0 Å². The van der Waals surface area contributed by atoms with Crippen LogP contribution >= 0.6 is 0 Å². The van der Waals surface area contributed by atoms with Crippen molar-refractivity contribution in [1.29, 1.82) is 0 Å². The molecule has 0 saturated heterocycles. The van der Waals surface area contributed by atoms with E-state index < -0.39 is 11.9 Å². The Labute approximate surface area is 126 Å². The highest BCUT2D eigenvalue weighted by atomic mass is 16.6. The number of hydrogen-bond donors (Lipinski definition) is 2. The molecule has 0 amide bonds. The number of hydrogen-bond acceptors (Lipinski definition) is 5. The molecule has 2 rings (SSSR count). The van der Waals surface area contributed by atoms with E-state index in [1.807, 2.05) is 0 Å². The van der Waals surface area contributed by atoms with Crippen molar-refractivity contribution in [3.8, 4) is 0 Å². The maximum Gasteiger partial charge on any atom is 0.339 e. The molecule has 0 aliphatic heterocycles. The highest BCUT2D eigenvalue weighted by Gasteiger charge is 2.20. The SMILES string of the molecule is O=C(OCCOCCO)c1ccc2ccccc2c1C(=O)O. The van der Waals surface area contributed by atoms with Crippen LogP contribution < -0.4 is 0 Å². The summed E-state index contributed by atoms with van der Waals surface area (Å²) >= 11 is 0. The van der Waals surface area contributed by atoms with Crippen LogP contribution in [0.3, 0.4) is 0 Å². The highest BCUT2D eigenvalue weighted by molar-refractivity contribution is 6.12. The Morgan fingerprint density at radius 2 is 1.77 bits per heavy atom. The van der Waals surface area contributed by atoms with Crippen molar-refractivity contribution in [2.24, 2.45) is 0 Å². The second kappa shape index (κ2) is 7.53. The topological polar surface area (TPSA) is 93.1 Å². The van der Waals surface area contributed by atoms with E-state index in [0.717, 1.165) is 5.39 Å². The minimum Gasteiger partial charge on any atom is -0.478 e. The molecule has 6 nitrogen and oxygen atoms in total. The number of carbonyl (C=O) groups excluding carboxylic acids is 1. The molecule has 0 fully saturated rings. The van der Waals surface area contributed by atoms with Crippen molar-refractivity contribution < 1.29 is 29.3 Å². The summed E-state index contributed by atoms with van der Waals surface area (Å²) < 4.78 is 9.98. The summed E-state index contributed by atoms with van der Waals surface area (Å²) in [7, 11) is 0. The van der Waals surface area contributed by atoms with Gasteiger partial charge in [-0.15, -0.1) is 0 Å². The van der Waals surface area contributed by atoms with Gasteiger partial charge in [-0.25, -0.2) is 9.59 Å². The molecule has 0 bridgehead atoms. The third-order valence-corrected chi connectivity index (χ3v) is 3.06. The van der Waals surface area contributed by atoms with Crippen LogP contribution in [0.4, 0.5) is 0 Å². The first-order valence-electron chi connectivity index (χ1n) is 6.76. The Balaban J connectivity index is 2.21. The Morgan fingerprint density at radius 1 is 1.00 bits per heavy atom. The van der Waals surface area contributed by atoms with Gasteiger partial charge in [0.1, 0.15) is 6.61 Å². The zero-order valence-electron chi connectivity index (χ0n) is 11.8. The minimum absolute atomic E-state index is 0.00774. The standard InChI is InChI=1S/C16H16O6/c17-7-8-21-9-10-22-16(20)13-6-5-11-3-1-2-4-12(11)14(13)15(18)19/h1-6,17H,7-10H2,(H,18,19). The van der Waals surface area contributed by atoms with Crippen molar-refractivity contribution in [2.75, 3.05) is 26.4 Å². The van der Waals surface area contributed by atoms with E-state index in [9.17, 15) is 14.7 Å². The van der Waals surface area contributed by atoms with E-state index in [2.05, 4.69) is 0 Å². The number of aromatic carboxylic acids is 1. The molecular weight excluding hydrogens is 288 g/mol. The smallest absolute Gasteiger partial charge is 0.339 e. The Hall–Kier alpha value is -2.44. The van der Waals surface area contributed by atoms with E-state index in [1.165, 1.54) is 6.07 Å². The summed E-state index contributed by atoms with van der Waals surface area (Å²) in [5, 5.41) is 19.2. The maximum absolute atomic E-state index is 12.1. The van der Waals surface area contributed by atoms with Crippen LogP contribution in [-0.4, -0.2) is 48.6 Å². The van der Waals surface area contributed by atoms with Gasteiger partial charge in [0.25, 0.3) is 0 Å². The molecule has 0 aliphatic rings. The van der Waals surface area contributed by atoms with Gasteiger partial charge in [-0.3, -0.25) is 0 Å². The predicted octanol–water partition coefficient (Wildman–Crippen LogP) is 1.70. The summed E-state index contributed by atoms with van der Waals surface area (Å²) in [4.78, 5) is 23.6. The fourth-order valence-corrected chi connectivity index (χ4v) is 2.11. The summed E-state index contributed by atoms with van der Waals surface area (Å²) in [6.45, 7) is 0.183. The van der Waals surface area contributed by atoms with Gasteiger partial charge in [0.05, 0.1) is 30.9 Å². The number of ether oxygens (including phenoxy) is 2. The van der Waals surface area contributed by atoms with Gasteiger partial charge in [-0.1, -0.05) is 30.3 Å². The van der Waals surface area contributed by atoms with Gasteiger partial charge in [-0.05, 0) is 16.8 Å². The second-order valence-corrected chi connectivity index (χ2v) is 4.49. The summed E-state index contributed by atoms with van der Waals surface area (Å²) in [6, 6.07) is 10.1. The van der Waals surface area contributed by atoms with Gasteiger partial charge in [0.15, 0.2) is 0 Å². The lowest BCUT2D eigenvalue weighted by Gasteiger charge is -2.10. The van der Waals surface area contributed by atoms with Gasteiger partial charge >= 0.3 is 11.9 Å². The Morgan fingerprint density at radius 3 is 2.50 bits per heavy atom. The number of benzene rings is 2. The molecule has 0 saturated carbocycles. The van der Waals surface area contributed by atoms with Crippen LogP contribution in [0.1, 0.15) is 20.7 Å². The van der Waals surface area contributed by atoms with Gasteiger partial charge in [-0.2, -0.15) is 0 Å². The number of carboxylic acids is 1. The maximum atomic E-state index is 12.1. The van der Waals surface area contributed by atoms with Crippen molar-refractivity contribution in [3.63, 3.8) is 0 Å². The zero-order valence-corrected chi connectivity index (χ0v) is 11.8. The average Bonchev–Trinajstić information content (AvgIpc) is 2.53. The molecule has 0 aliphatic carbocycles. The van der Waals surface area contributed by atoms with Crippen LogP contribution in [0, 0.1) is 0 Å². The predicted molar refractivity (Wildman–Crippen MR) is 79.1 cm³/mol. The van der Waals surface area contributed by atoms with E-state index >= 15 is 0 Å². The van der Waals surface area contributed by atoms with Gasteiger partial charge < -0.3 is 19.7 Å².